The number of hydrogen-bond donors (Lipinski definition) is 3. The van der Waals surface area contributed by atoms with Crippen molar-refractivity contribution >= 4 is 28.4 Å². The summed E-state index contributed by atoms with van der Waals surface area (Å²) < 4.78 is 0. The fourth-order valence-electron chi connectivity index (χ4n) is 3.24. The highest BCUT2D eigenvalue weighted by atomic mass is 35.5. The molecule has 116 valence electrons. The third-order valence-electron chi connectivity index (χ3n) is 4.43. The topological polar surface area (TPSA) is 70.9 Å². The van der Waals surface area contributed by atoms with Crippen LogP contribution in [-0.4, -0.2) is 16.9 Å². The zero-order valence-corrected chi connectivity index (χ0v) is 13.1. The summed E-state index contributed by atoms with van der Waals surface area (Å²) in [5.74, 6) is -0.148. The molecule has 4 rings (SSSR count). The third-order valence-corrected chi connectivity index (χ3v) is 4.67. The summed E-state index contributed by atoms with van der Waals surface area (Å²) in [6, 6.07) is 15.1. The Morgan fingerprint density at radius 2 is 2.04 bits per heavy atom. The molecular formula is C18H16ClN3O. The zero-order chi connectivity index (χ0) is 16.0. The number of hydrogen-bond acceptors (Lipinski definition) is 2. The van der Waals surface area contributed by atoms with E-state index in [4.69, 9.17) is 17.3 Å². The molecular weight excluding hydrogens is 310 g/mol. The highest BCUT2D eigenvalue weighted by molar-refractivity contribution is 6.31. The van der Waals surface area contributed by atoms with Crippen molar-refractivity contribution in [3.63, 3.8) is 0 Å². The minimum atomic E-state index is -0.172. The van der Waals surface area contributed by atoms with Gasteiger partial charge in [0.2, 0.25) is 0 Å². The van der Waals surface area contributed by atoms with Crippen LogP contribution in [0.4, 0.5) is 0 Å². The first kappa shape index (κ1) is 14.3. The van der Waals surface area contributed by atoms with E-state index in [2.05, 4.69) is 16.4 Å². The number of rotatable bonds is 2. The molecule has 1 aliphatic rings. The summed E-state index contributed by atoms with van der Waals surface area (Å²) in [7, 11) is 0. The summed E-state index contributed by atoms with van der Waals surface area (Å²) in [5.41, 5.74) is 9.99. The number of carbonyl (C=O) groups excluding carboxylic acids is 1. The lowest BCUT2D eigenvalue weighted by Gasteiger charge is -2.17. The van der Waals surface area contributed by atoms with Crippen LogP contribution in [0.1, 0.15) is 27.7 Å². The summed E-state index contributed by atoms with van der Waals surface area (Å²) >= 11 is 5.98. The van der Waals surface area contributed by atoms with Crippen molar-refractivity contribution in [1.29, 1.82) is 0 Å². The first-order valence-corrected chi connectivity index (χ1v) is 7.92. The quantitative estimate of drug-likeness (QED) is 0.677. The molecule has 5 heteroatoms. The van der Waals surface area contributed by atoms with Crippen molar-refractivity contribution in [2.45, 2.75) is 18.5 Å². The van der Waals surface area contributed by atoms with E-state index in [9.17, 15) is 4.79 Å². The minimum absolute atomic E-state index is 0.0881. The number of benzene rings is 2. The second-order valence-electron chi connectivity index (χ2n) is 5.92. The standard InChI is InChI=1S/C18H16ClN3O/c19-12-5-6-14-11(7-12)9-16(21-14)18(23)22-15-8-10-3-1-2-4-13(10)17(15)20/h1-7,9,15,17,21H,8,20H2,(H,22,23)/t15-,17+/m1/s1. The Labute approximate surface area is 138 Å². The second-order valence-corrected chi connectivity index (χ2v) is 6.36. The zero-order valence-electron chi connectivity index (χ0n) is 12.3. The van der Waals surface area contributed by atoms with Crippen LogP contribution in [0.15, 0.2) is 48.5 Å². The van der Waals surface area contributed by atoms with Gasteiger partial charge in [-0.2, -0.15) is 0 Å². The molecule has 0 bridgehead atoms. The van der Waals surface area contributed by atoms with Gasteiger partial charge in [-0.3, -0.25) is 4.79 Å². The van der Waals surface area contributed by atoms with E-state index < -0.39 is 0 Å². The number of H-pyrrole nitrogens is 1. The Kier molecular flexibility index (Phi) is 3.36. The van der Waals surface area contributed by atoms with E-state index in [0.29, 0.717) is 10.7 Å². The van der Waals surface area contributed by atoms with Crippen molar-refractivity contribution in [1.82, 2.24) is 10.3 Å². The van der Waals surface area contributed by atoms with E-state index in [0.717, 1.165) is 22.9 Å². The van der Waals surface area contributed by atoms with E-state index in [-0.39, 0.29) is 18.0 Å². The highest BCUT2D eigenvalue weighted by Gasteiger charge is 2.30. The summed E-state index contributed by atoms with van der Waals surface area (Å²) in [4.78, 5) is 15.6. The molecule has 0 saturated carbocycles. The smallest absolute Gasteiger partial charge is 0.268 e. The average Bonchev–Trinajstić information content (AvgIpc) is 3.09. The van der Waals surface area contributed by atoms with E-state index in [1.165, 1.54) is 5.56 Å². The fourth-order valence-corrected chi connectivity index (χ4v) is 3.42. The number of fused-ring (bicyclic) bond motifs is 2. The molecule has 2 atom stereocenters. The molecule has 1 aliphatic carbocycles. The first-order valence-electron chi connectivity index (χ1n) is 7.54. The van der Waals surface area contributed by atoms with Gasteiger partial charge in [0.25, 0.3) is 5.91 Å². The van der Waals surface area contributed by atoms with Crippen molar-refractivity contribution in [2.24, 2.45) is 5.73 Å². The molecule has 0 radical (unpaired) electrons. The van der Waals surface area contributed by atoms with E-state index in [1.54, 1.807) is 6.07 Å². The molecule has 2 aromatic carbocycles. The molecule has 1 amide bonds. The maximum Gasteiger partial charge on any atom is 0.268 e. The van der Waals surface area contributed by atoms with E-state index >= 15 is 0 Å². The van der Waals surface area contributed by atoms with Crippen molar-refractivity contribution in [3.8, 4) is 0 Å². The lowest BCUT2D eigenvalue weighted by atomic mass is 10.1. The summed E-state index contributed by atoms with van der Waals surface area (Å²) in [6.07, 6.45) is 0.759. The van der Waals surface area contributed by atoms with Crippen LogP contribution >= 0.6 is 11.6 Å². The SMILES string of the molecule is N[C@H]1c2ccccc2C[C@H]1NC(=O)c1cc2cc(Cl)ccc2[nH]1. The molecule has 0 spiro atoms. The Morgan fingerprint density at radius 1 is 1.22 bits per heavy atom. The lowest BCUT2D eigenvalue weighted by Crippen LogP contribution is -2.40. The van der Waals surface area contributed by atoms with Gasteiger partial charge in [-0.05, 0) is 41.8 Å². The maximum atomic E-state index is 12.5. The largest absolute Gasteiger partial charge is 0.351 e. The molecule has 4 nitrogen and oxygen atoms in total. The molecule has 23 heavy (non-hydrogen) atoms. The molecule has 0 saturated heterocycles. The molecule has 3 aromatic rings. The maximum absolute atomic E-state index is 12.5. The fraction of sp³-hybridized carbons (Fsp3) is 0.167. The Morgan fingerprint density at radius 3 is 2.87 bits per heavy atom. The Bertz CT molecular complexity index is 902. The number of halogens is 1. The van der Waals surface area contributed by atoms with Crippen molar-refractivity contribution in [2.75, 3.05) is 0 Å². The third kappa shape index (κ3) is 2.50. The number of carbonyl (C=O) groups is 1. The predicted octanol–water partition coefficient (Wildman–Crippen LogP) is 3.18. The summed E-state index contributed by atoms with van der Waals surface area (Å²) in [6.45, 7) is 0. The first-order chi connectivity index (χ1) is 11.1. The monoisotopic (exact) mass is 325 g/mol. The van der Waals surface area contributed by atoms with E-state index in [1.807, 2.05) is 36.4 Å². The number of amides is 1. The second kappa shape index (κ2) is 5.41. The van der Waals surface area contributed by atoms with Gasteiger partial charge in [0.1, 0.15) is 5.69 Å². The number of nitrogens with one attached hydrogen (secondary N) is 2. The Balaban J connectivity index is 1.56. The van der Waals surface area contributed by atoms with Gasteiger partial charge in [0.15, 0.2) is 0 Å². The van der Waals surface area contributed by atoms with Gasteiger partial charge in [0, 0.05) is 15.9 Å². The number of aromatic amines is 1. The Hall–Kier alpha value is -2.30. The molecule has 0 aliphatic heterocycles. The molecule has 4 N–H and O–H groups in total. The molecule has 1 aromatic heterocycles. The van der Waals surface area contributed by atoms with Crippen LogP contribution in [0, 0.1) is 0 Å². The minimum Gasteiger partial charge on any atom is -0.351 e. The van der Waals surface area contributed by atoms with Crippen LogP contribution in [-0.2, 0) is 6.42 Å². The van der Waals surface area contributed by atoms with Gasteiger partial charge >= 0.3 is 0 Å². The van der Waals surface area contributed by atoms with Gasteiger partial charge in [0.05, 0.1) is 12.1 Å². The normalized spacial score (nSPS) is 19.7. The van der Waals surface area contributed by atoms with Crippen LogP contribution in [0.25, 0.3) is 10.9 Å². The van der Waals surface area contributed by atoms with Gasteiger partial charge < -0.3 is 16.0 Å². The number of nitrogens with two attached hydrogens (primary N) is 1. The number of aromatic nitrogens is 1. The molecule has 1 heterocycles. The van der Waals surface area contributed by atoms with Gasteiger partial charge in [-0.25, -0.2) is 0 Å². The van der Waals surface area contributed by atoms with Gasteiger partial charge in [-0.1, -0.05) is 35.9 Å². The predicted molar refractivity (Wildman–Crippen MR) is 91.6 cm³/mol. The summed E-state index contributed by atoms with van der Waals surface area (Å²) in [5, 5.41) is 4.61. The lowest BCUT2D eigenvalue weighted by molar-refractivity contribution is 0.0929. The molecule has 0 unspecified atom stereocenters. The van der Waals surface area contributed by atoms with Crippen molar-refractivity contribution < 1.29 is 4.79 Å². The van der Waals surface area contributed by atoms with Crippen LogP contribution < -0.4 is 11.1 Å². The van der Waals surface area contributed by atoms with Crippen molar-refractivity contribution in [3.05, 3.63) is 70.4 Å². The average molecular weight is 326 g/mol. The highest BCUT2D eigenvalue weighted by Crippen LogP contribution is 2.29. The van der Waals surface area contributed by atoms with Crippen LogP contribution in [0.5, 0.6) is 0 Å². The van der Waals surface area contributed by atoms with Gasteiger partial charge in [-0.15, -0.1) is 0 Å². The molecule has 0 fully saturated rings. The van der Waals surface area contributed by atoms with Crippen LogP contribution in [0.2, 0.25) is 5.02 Å². The van der Waals surface area contributed by atoms with Crippen LogP contribution in [0.3, 0.4) is 0 Å².